The van der Waals surface area contributed by atoms with Gasteiger partial charge in [-0.15, -0.1) is 0 Å². The molecule has 0 saturated carbocycles. The first-order valence-electron chi connectivity index (χ1n) is 6.15. The van der Waals surface area contributed by atoms with E-state index in [0.717, 1.165) is 22.6 Å². The summed E-state index contributed by atoms with van der Waals surface area (Å²) in [6, 6.07) is 15.4. The highest BCUT2D eigenvalue weighted by molar-refractivity contribution is 6.30. The maximum atomic E-state index is 5.95. The molecule has 5 heteroatoms. The summed E-state index contributed by atoms with van der Waals surface area (Å²) in [5.41, 5.74) is 2.78. The van der Waals surface area contributed by atoms with E-state index in [1.165, 1.54) is 0 Å². The Bertz CT molecular complexity index is 698. The number of benzene rings is 2. The number of hydrogen-bond acceptors (Lipinski definition) is 3. The monoisotopic (exact) mass is 285 g/mol. The lowest BCUT2D eigenvalue weighted by atomic mass is 10.1. The van der Waals surface area contributed by atoms with Crippen LogP contribution in [-0.4, -0.2) is 15.4 Å². The molecular formula is C15H12ClN3O. The summed E-state index contributed by atoms with van der Waals surface area (Å²) in [7, 11) is 0. The van der Waals surface area contributed by atoms with Gasteiger partial charge in [-0.25, -0.2) is 0 Å². The van der Waals surface area contributed by atoms with Gasteiger partial charge in [0, 0.05) is 10.6 Å². The first kappa shape index (κ1) is 12.7. The van der Waals surface area contributed by atoms with Crippen LogP contribution in [0.2, 0.25) is 5.02 Å². The van der Waals surface area contributed by atoms with Crippen LogP contribution in [0, 0.1) is 0 Å². The van der Waals surface area contributed by atoms with Gasteiger partial charge in [0.15, 0.2) is 0 Å². The minimum absolute atomic E-state index is 0.475. The van der Waals surface area contributed by atoms with Crippen LogP contribution >= 0.6 is 11.6 Å². The van der Waals surface area contributed by atoms with Crippen molar-refractivity contribution in [1.82, 2.24) is 15.4 Å². The van der Waals surface area contributed by atoms with E-state index >= 15 is 0 Å². The summed E-state index contributed by atoms with van der Waals surface area (Å²) in [6.45, 7) is 0.475. The molecule has 3 rings (SSSR count). The van der Waals surface area contributed by atoms with E-state index in [-0.39, 0.29) is 0 Å². The highest BCUT2D eigenvalue weighted by atomic mass is 35.5. The molecule has 4 nitrogen and oxygen atoms in total. The Hall–Kier alpha value is -2.33. The number of ether oxygens (including phenoxy) is 1. The molecule has 3 aromatic rings. The molecule has 0 atom stereocenters. The Morgan fingerprint density at radius 2 is 2.00 bits per heavy atom. The fourth-order valence-electron chi connectivity index (χ4n) is 1.88. The number of nitrogens with one attached hydrogen (secondary N) is 1. The Balaban J connectivity index is 1.73. The lowest BCUT2D eigenvalue weighted by Crippen LogP contribution is -1.95. The number of hydrogen-bond donors (Lipinski definition) is 1. The van der Waals surface area contributed by atoms with Crippen LogP contribution in [0.15, 0.2) is 54.7 Å². The Morgan fingerprint density at radius 1 is 1.10 bits per heavy atom. The lowest BCUT2D eigenvalue weighted by molar-refractivity contribution is 0.306. The van der Waals surface area contributed by atoms with E-state index in [0.29, 0.717) is 11.6 Å². The zero-order chi connectivity index (χ0) is 13.8. The van der Waals surface area contributed by atoms with Crippen LogP contribution in [0.4, 0.5) is 0 Å². The fourth-order valence-corrected chi connectivity index (χ4v) is 2.09. The summed E-state index contributed by atoms with van der Waals surface area (Å²) >= 11 is 5.95. The molecule has 0 fully saturated rings. The summed E-state index contributed by atoms with van der Waals surface area (Å²) in [5, 5.41) is 11.2. The number of rotatable bonds is 4. The van der Waals surface area contributed by atoms with Crippen molar-refractivity contribution in [1.29, 1.82) is 0 Å². The van der Waals surface area contributed by atoms with Crippen molar-refractivity contribution in [3.05, 3.63) is 65.3 Å². The Labute approximate surface area is 121 Å². The van der Waals surface area contributed by atoms with Crippen LogP contribution < -0.4 is 4.74 Å². The highest BCUT2D eigenvalue weighted by Crippen LogP contribution is 2.22. The van der Waals surface area contributed by atoms with Gasteiger partial charge in [0.25, 0.3) is 0 Å². The molecular weight excluding hydrogens is 274 g/mol. The number of nitrogens with zero attached hydrogens (tertiary/aromatic N) is 2. The molecule has 1 aromatic heterocycles. The van der Waals surface area contributed by atoms with Gasteiger partial charge in [-0.3, -0.25) is 0 Å². The molecule has 1 heterocycles. The first-order valence-corrected chi connectivity index (χ1v) is 6.52. The van der Waals surface area contributed by atoms with Crippen molar-refractivity contribution in [2.24, 2.45) is 0 Å². The molecule has 0 aliphatic rings. The van der Waals surface area contributed by atoms with Gasteiger partial charge in [-0.05, 0) is 29.8 Å². The maximum absolute atomic E-state index is 5.95. The fraction of sp³-hybridized carbons (Fsp3) is 0.0667. The topological polar surface area (TPSA) is 50.8 Å². The molecule has 0 unspecified atom stereocenters. The minimum atomic E-state index is 0.475. The molecule has 2 aromatic carbocycles. The zero-order valence-corrected chi connectivity index (χ0v) is 11.3. The molecule has 0 radical (unpaired) electrons. The van der Waals surface area contributed by atoms with E-state index in [2.05, 4.69) is 15.4 Å². The second-order valence-corrected chi connectivity index (χ2v) is 4.74. The molecule has 20 heavy (non-hydrogen) atoms. The molecule has 0 spiro atoms. The predicted octanol–water partition coefficient (Wildman–Crippen LogP) is 3.70. The average molecular weight is 286 g/mol. The summed E-state index contributed by atoms with van der Waals surface area (Å²) < 4.78 is 5.77. The summed E-state index contributed by atoms with van der Waals surface area (Å²) in [4.78, 5) is 0. The standard InChI is InChI=1S/C15H12ClN3O/c16-13-5-1-3-11(7-13)10-20-14-6-2-4-12(8-14)15-9-17-19-18-15/h1-9H,10H2,(H,17,18,19). The van der Waals surface area contributed by atoms with Gasteiger partial charge in [0.1, 0.15) is 18.1 Å². The third-order valence-electron chi connectivity index (χ3n) is 2.84. The first-order chi connectivity index (χ1) is 9.81. The molecule has 100 valence electrons. The van der Waals surface area contributed by atoms with E-state index in [9.17, 15) is 0 Å². The normalized spacial score (nSPS) is 10.4. The average Bonchev–Trinajstić information content (AvgIpc) is 3.00. The number of H-pyrrole nitrogens is 1. The van der Waals surface area contributed by atoms with Crippen molar-refractivity contribution in [3.63, 3.8) is 0 Å². The van der Waals surface area contributed by atoms with Crippen LogP contribution in [0.5, 0.6) is 5.75 Å². The smallest absolute Gasteiger partial charge is 0.120 e. The van der Waals surface area contributed by atoms with Crippen molar-refractivity contribution in [2.45, 2.75) is 6.61 Å². The largest absolute Gasteiger partial charge is 0.489 e. The third kappa shape index (κ3) is 2.97. The second-order valence-electron chi connectivity index (χ2n) is 4.30. The quantitative estimate of drug-likeness (QED) is 0.795. The van der Waals surface area contributed by atoms with Crippen LogP contribution in [0.25, 0.3) is 11.3 Å². The van der Waals surface area contributed by atoms with Crippen molar-refractivity contribution in [2.75, 3.05) is 0 Å². The molecule has 0 aliphatic carbocycles. The number of aromatic amines is 1. The van der Waals surface area contributed by atoms with Gasteiger partial charge in [-0.1, -0.05) is 35.9 Å². The molecule has 0 bridgehead atoms. The van der Waals surface area contributed by atoms with Gasteiger partial charge < -0.3 is 4.74 Å². The molecule has 0 aliphatic heterocycles. The van der Waals surface area contributed by atoms with Gasteiger partial charge in [0.2, 0.25) is 0 Å². The van der Waals surface area contributed by atoms with Crippen molar-refractivity contribution >= 4 is 11.6 Å². The maximum Gasteiger partial charge on any atom is 0.120 e. The SMILES string of the molecule is Clc1cccc(COc2cccc(-c3cn[nH]n3)c2)c1. The summed E-state index contributed by atoms with van der Waals surface area (Å²) in [5.74, 6) is 0.783. The van der Waals surface area contributed by atoms with Crippen LogP contribution in [0.3, 0.4) is 0 Å². The van der Waals surface area contributed by atoms with Crippen molar-refractivity contribution < 1.29 is 4.74 Å². The zero-order valence-electron chi connectivity index (χ0n) is 10.6. The van der Waals surface area contributed by atoms with Crippen LogP contribution in [-0.2, 0) is 6.61 Å². The van der Waals surface area contributed by atoms with Crippen molar-refractivity contribution in [3.8, 4) is 17.0 Å². The van der Waals surface area contributed by atoms with E-state index in [4.69, 9.17) is 16.3 Å². The Morgan fingerprint density at radius 3 is 2.80 bits per heavy atom. The second kappa shape index (κ2) is 5.75. The number of halogens is 1. The predicted molar refractivity (Wildman–Crippen MR) is 77.6 cm³/mol. The van der Waals surface area contributed by atoms with E-state index < -0.39 is 0 Å². The third-order valence-corrected chi connectivity index (χ3v) is 3.07. The highest BCUT2D eigenvalue weighted by Gasteiger charge is 2.03. The van der Waals surface area contributed by atoms with E-state index in [1.54, 1.807) is 6.20 Å². The van der Waals surface area contributed by atoms with E-state index in [1.807, 2.05) is 48.5 Å². The lowest BCUT2D eigenvalue weighted by Gasteiger charge is -2.07. The minimum Gasteiger partial charge on any atom is -0.489 e. The number of aromatic nitrogens is 3. The molecule has 1 N–H and O–H groups in total. The van der Waals surface area contributed by atoms with Gasteiger partial charge in [0.05, 0.1) is 6.20 Å². The summed E-state index contributed by atoms with van der Waals surface area (Å²) in [6.07, 6.45) is 1.68. The van der Waals surface area contributed by atoms with Gasteiger partial charge >= 0.3 is 0 Å². The molecule has 0 saturated heterocycles. The molecule has 0 amide bonds. The van der Waals surface area contributed by atoms with Crippen LogP contribution in [0.1, 0.15) is 5.56 Å². The van der Waals surface area contributed by atoms with Gasteiger partial charge in [-0.2, -0.15) is 15.4 Å². The Kier molecular flexibility index (Phi) is 3.65.